The Hall–Kier alpha value is -3.04. The van der Waals surface area contributed by atoms with Crippen LogP contribution in [0.4, 0.5) is 19.0 Å². The molecule has 3 aromatic rings. The molecule has 3 aromatic heterocycles. The van der Waals surface area contributed by atoms with E-state index in [0.717, 1.165) is 6.07 Å². The highest BCUT2D eigenvalue weighted by atomic mass is 19.4. The van der Waals surface area contributed by atoms with Crippen molar-refractivity contribution >= 4 is 5.82 Å². The van der Waals surface area contributed by atoms with Crippen LogP contribution >= 0.6 is 0 Å². The number of pyridine rings is 1. The first-order valence-corrected chi connectivity index (χ1v) is 7.38. The lowest BCUT2D eigenvalue weighted by Crippen LogP contribution is -2.23. The zero-order valence-corrected chi connectivity index (χ0v) is 13.1. The predicted molar refractivity (Wildman–Crippen MR) is 83.4 cm³/mol. The molecule has 0 spiro atoms. The van der Waals surface area contributed by atoms with Crippen molar-refractivity contribution in [1.29, 1.82) is 0 Å². The Morgan fingerprint density at radius 2 is 2.08 bits per heavy atom. The molecule has 1 atom stereocenters. The first-order chi connectivity index (χ1) is 11.9. The van der Waals surface area contributed by atoms with E-state index < -0.39 is 11.9 Å². The fourth-order valence-electron chi connectivity index (χ4n) is 2.18. The van der Waals surface area contributed by atoms with Crippen molar-refractivity contribution in [1.82, 2.24) is 29.7 Å². The number of nitrogens with zero attached hydrogens (tertiary/aromatic N) is 6. The lowest BCUT2D eigenvalue weighted by Gasteiger charge is -2.16. The van der Waals surface area contributed by atoms with Gasteiger partial charge in [-0.25, -0.2) is 15.0 Å². The lowest BCUT2D eigenvalue weighted by atomic mass is 10.3. The molecule has 0 bridgehead atoms. The Morgan fingerprint density at radius 1 is 1.24 bits per heavy atom. The summed E-state index contributed by atoms with van der Waals surface area (Å²) in [6, 6.07) is 5.53. The fraction of sp³-hybridized carbons (Fsp3) is 0.267. The minimum absolute atomic E-state index is 0.0654. The van der Waals surface area contributed by atoms with Gasteiger partial charge in [-0.05, 0) is 19.1 Å². The number of aromatic nitrogens is 6. The third-order valence-corrected chi connectivity index (χ3v) is 3.23. The third-order valence-electron chi connectivity index (χ3n) is 3.23. The molecular formula is C15H14F3N7. The molecule has 10 heteroatoms. The molecule has 0 aliphatic rings. The van der Waals surface area contributed by atoms with Crippen molar-refractivity contribution in [2.75, 3.05) is 5.32 Å². The molecule has 0 aromatic carbocycles. The van der Waals surface area contributed by atoms with Gasteiger partial charge < -0.3 is 5.32 Å². The quantitative estimate of drug-likeness (QED) is 0.763. The number of anilines is 1. The summed E-state index contributed by atoms with van der Waals surface area (Å²) in [5.41, 5.74) is -0.765. The van der Waals surface area contributed by atoms with Crippen LogP contribution in [-0.4, -0.2) is 35.8 Å². The molecule has 0 amide bonds. The molecular weight excluding hydrogens is 335 g/mol. The van der Waals surface area contributed by atoms with Crippen LogP contribution in [0.3, 0.4) is 0 Å². The van der Waals surface area contributed by atoms with Crippen molar-refractivity contribution in [2.45, 2.75) is 25.7 Å². The van der Waals surface area contributed by atoms with Gasteiger partial charge in [0.2, 0.25) is 0 Å². The number of nitrogens with one attached hydrogen (secondary N) is 1. The number of alkyl halides is 3. The molecule has 0 unspecified atom stereocenters. The molecule has 25 heavy (non-hydrogen) atoms. The Morgan fingerprint density at radius 3 is 2.72 bits per heavy atom. The van der Waals surface area contributed by atoms with Gasteiger partial charge in [0.05, 0.1) is 6.54 Å². The summed E-state index contributed by atoms with van der Waals surface area (Å²) in [7, 11) is 0. The molecule has 0 saturated carbocycles. The molecule has 3 heterocycles. The van der Waals surface area contributed by atoms with Gasteiger partial charge in [-0.1, -0.05) is 6.07 Å². The maximum absolute atomic E-state index is 13.1. The van der Waals surface area contributed by atoms with Crippen LogP contribution in [0.5, 0.6) is 0 Å². The van der Waals surface area contributed by atoms with Gasteiger partial charge in [-0.2, -0.15) is 18.3 Å². The van der Waals surface area contributed by atoms with Crippen molar-refractivity contribution in [3.05, 3.63) is 48.8 Å². The second kappa shape index (κ2) is 6.83. The maximum atomic E-state index is 13.1. The van der Waals surface area contributed by atoms with E-state index in [1.54, 1.807) is 29.8 Å². The van der Waals surface area contributed by atoms with Crippen LogP contribution in [0.1, 0.15) is 12.6 Å². The second-order valence-electron chi connectivity index (χ2n) is 5.34. The Balaban J connectivity index is 1.89. The summed E-state index contributed by atoms with van der Waals surface area (Å²) in [5.74, 6) is -0.0264. The summed E-state index contributed by atoms with van der Waals surface area (Å²) >= 11 is 0. The van der Waals surface area contributed by atoms with E-state index >= 15 is 0 Å². The summed E-state index contributed by atoms with van der Waals surface area (Å²) in [5, 5.41) is 6.90. The van der Waals surface area contributed by atoms with Crippen LogP contribution < -0.4 is 5.32 Å². The van der Waals surface area contributed by atoms with Crippen LogP contribution in [0.25, 0.3) is 11.5 Å². The topological polar surface area (TPSA) is 81.4 Å². The van der Waals surface area contributed by atoms with Gasteiger partial charge in [0.15, 0.2) is 11.5 Å². The molecule has 1 N–H and O–H groups in total. The molecule has 0 radical (unpaired) electrons. The zero-order valence-electron chi connectivity index (χ0n) is 13.1. The average Bonchev–Trinajstić information content (AvgIpc) is 3.07. The number of hydrogen-bond donors (Lipinski definition) is 1. The smallest absolute Gasteiger partial charge is 0.366 e. The second-order valence-corrected chi connectivity index (χ2v) is 5.34. The first kappa shape index (κ1) is 16.8. The van der Waals surface area contributed by atoms with E-state index in [4.69, 9.17) is 0 Å². The summed E-state index contributed by atoms with van der Waals surface area (Å²) in [6.07, 6.45) is -0.200. The zero-order chi connectivity index (χ0) is 17.9. The van der Waals surface area contributed by atoms with Gasteiger partial charge in [-0.3, -0.25) is 9.67 Å². The summed E-state index contributed by atoms with van der Waals surface area (Å²) in [4.78, 5) is 15.6. The van der Waals surface area contributed by atoms with E-state index in [2.05, 4.69) is 30.4 Å². The highest BCUT2D eigenvalue weighted by Crippen LogP contribution is 2.30. The Labute approximate surface area is 141 Å². The molecule has 7 nitrogen and oxygen atoms in total. The van der Waals surface area contributed by atoms with Crippen molar-refractivity contribution in [3.8, 4) is 11.5 Å². The number of hydrogen-bond acceptors (Lipinski definition) is 6. The highest BCUT2D eigenvalue weighted by Gasteiger charge is 2.34. The Kier molecular flexibility index (Phi) is 4.59. The van der Waals surface area contributed by atoms with E-state index in [1.807, 2.05) is 0 Å². The van der Waals surface area contributed by atoms with Crippen molar-refractivity contribution in [2.24, 2.45) is 0 Å². The van der Waals surface area contributed by atoms with E-state index in [0.29, 0.717) is 6.54 Å². The van der Waals surface area contributed by atoms with Gasteiger partial charge in [-0.15, -0.1) is 0 Å². The molecule has 130 valence electrons. The molecule has 0 fully saturated rings. The van der Waals surface area contributed by atoms with Crippen LogP contribution in [0.15, 0.2) is 43.1 Å². The third kappa shape index (κ3) is 4.28. The fourth-order valence-corrected chi connectivity index (χ4v) is 2.18. The number of rotatable bonds is 5. The van der Waals surface area contributed by atoms with E-state index in [1.165, 1.54) is 18.9 Å². The molecule has 0 aliphatic carbocycles. The minimum atomic E-state index is -4.59. The van der Waals surface area contributed by atoms with Gasteiger partial charge in [0.1, 0.15) is 24.2 Å². The van der Waals surface area contributed by atoms with Gasteiger partial charge in [0.25, 0.3) is 0 Å². The van der Waals surface area contributed by atoms with Crippen molar-refractivity contribution in [3.63, 3.8) is 0 Å². The molecule has 0 saturated heterocycles. The summed E-state index contributed by atoms with van der Waals surface area (Å²) in [6.45, 7) is 2.22. The normalized spacial score (nSPS) is 12.8. The van der Waals surface area contributed by atoms with Crippen LogP contribution in [-0.2, 0) is 12.7 Å². The monoisotopic (exact) mass is 349 g/mol. The predicted octanol–water partition coefficient (Wildman–Crippen LogP) is 2.65. The average molecular weight is 349 g/mol. The first-order valence-electron chi connectivity index (χ1n) is 7.38. The minimum Gasteiger partial charge on any atom is -0.366 e. The van der Waals surface area contributed by atoms with Crippen LogP contribution in [0, 0.1) is 0 Å². The van der Waals surface area contributed by atoms with E-state index in [-0.39, 0.29) is 23.4 Å². The SMILES string of the molecule is C[C@H](Cn1cncn1)Nc1cc(C(F)(F)F)nc(-c2ccccn2)n1. The van der Waals surface area contributed by atoms with Crippen molar-refractivity contribution < 1.29 is 13.2 Å². The maximum Gasteiger partial charge on any atom is 0.433 e. The van der Waals surface area contributed by atoms with Gasteiger partial charge in [0, 0.05) is 18.3 Å². The molecule has 3 rings (SSSR count). The Bertz CT molecular complexity index is 819. The number of halogens is 3. The standard InChI is InChI=1S/C15H14F3N7/c1-10(7-25-9-19-8-21-25)22-13-6-12(15(16,17)18)23-14(24-13)11-4-2-3-5-20-11/h2-6,8-10H,7H2,1H3,(H,22,23,24)/t10-/m1/s1. The lowest BCUT2D eigenvalue weighted by molar-refractivity contribution is -0.141. The van der Waals surface area contributed by atoms with E-state index in [9.17, 15) is 13.2 Å². The summed E-state index contributed by atoms with van der Waals surface area (Å²) < 4.78 is 41.0. The molecule has 0 aliphatic heterocycles. The van der Waals surface area contributed by atoms with Crippen LogP contribution in [0.2, 0.25) is 0 Å². The largest absolute Gasteiger partial charge is 0.433 e. The van der Waals surface area contributed by atoms with Gasteiger partial charge >= 0.3 is 6.18 Å². The highest BCUT2D eigenvalue weighted by molar-refractivity contribution is 5.53.